The van der Waals surface area contributed by atoms with Crippen LogP contribution in [-0.4, -0.2) is 53.3 Å². The zero-order chi connectivity index (χ0) is 22.4. The maximum Gasteiger partial charge on any atom is 0.338 e. The first-order valence-corrected chi connectivity index (χ1v) is 9.89. The summed E-state index contributed by atoms with van der Waals surface area (Å²) in [5.74, 6) is -1.18. The third-order valence-electron chi connectivity index (χ3n) is 4.40. The van der Waals surface area contributed by atoms with Crippen LogP contribution >= 0.6 is 0 Å². The average molecular weight is 414 g/mol. The largest absolute Gasteiger partial charge is 0.467 e. The first kappa shape index (κ1) is 23.6. The number of benzene rings is 2. The lowest BCUT2D eigenvalue weighted by molar-refractivity contribution is -0.166. The lowest BCUT2D eigenvalue weighted by Gasteiger charge is -2.30. The first-order chi connectivity index (χ1) is 14.0. The second kappa shape index (κ2) is 9.87. The van der Waals surface area contributed by atoms with E-state index in [2.05, 4.69) is 4.74 Å². The fourth-order valence-electron chi connectivity index (χ4n) is 3.14. The van der Waals surface area contributed by atoms with E-state index in [4.69, 9.17) is 4.74 Å². The highest BCUT2D eigenvalue weighted by Gasteiger charge is 2.34. The number of rotatable bonds is 8. The van der Waals surface area contributed by atoms with E-state index in [-0.39, 0.29) is 13.1 Å². The molecule has 1 atom stereocenters. The molecule has 1 N–H and O–H groups in total. The SMILES string of the molecule is COC(=O)C(C)(O)CN(CC(=O)OC(C)(C)C)Cc1ccc(-c2ccccc2)cc1. The highest BCUT2D eigenvalue weighted by Crippen LogP contribution is 2.20. The Labute approximate surface area is 178 Å². The van der Waals surface area contributed by atoms with Crippen LogP contribution in [0.3, 0.4) is 0 Å². The van der Waals surface area contributed by atoms with Gasteiger partial charge in [-0.1, -0.05) is 54.6 Å². The van der Waals surface area contributed by atoms with Crippen LogP contribution in [0.4, 0.5) is 0 Å². The fraction of sp³-hybridized carbons (Fsp3) is 0.417. The van der Waals surface area contributed by atoms with Gasteiger partial charge in [0, 0.05) is 13.1 Å². The molecule has 0 aliphatic heterocycles. The number of ether oxygens (including phenoxy) is 2. The van der Waals surface area contributed by atoms with E-state index in [0.717, 1.165) is 16.7 Å². The second-order valence-corrected chi connectivity index (χ2v) is 8.56. The summed E-state index contributed by atoms with van der Waals surface area (Å²) in [5.41, 5.74) is 0.771. The summed E-state index contributed by atoms with van der Waals surface area (Å²) in [6.07, 6.45) is 0. The van der Waals surface area contributed by atoms with E-state index >= 15 is 0 Å². The van der Waals surface area contributed by atoms with Crippen molar-refractivity contribution in [2.75, 3.05) is 20.2 Å². The van der Waals surface area contributed by atoms with Crippen molar-refractivity contribution in [2.24, 2.45) is 0 Å². The van der Waals surface area contributed by atoms with E-state index < -0.39 is 23.1 Å². The molecule has 0 aromatic heterocycles. The molecule has 0 spiro atoms. The molecule has 0 amide bonds. The number of esters is 2. The molecular weight excluding hydrogens is 382 g/mol. The highest BCUT2D eigenvalue weighted by atomic mass is 16.6. The molecule has 162 valence electrons. The van der Waals surface area contributed by atoms with Gasteiger partial charge in [-0.2, -0.15) is 0 Å². The van der Waals surface area contributed by atoms with Gasteiger partial charge in [0.05, 0.1) is 13.7 Å². The third kappa shape index (κ3) is 7.28. The Morgan fingerprint density at radius 3 is 2.03 bits per heavy atom. The summed E-state index contributed by atoms with van der Waals surface area (Å²) in [7, 11) is 1.22. The van der Waals surface area contributed by atoms with Crippen molar-refractivity contribution in [3.05, 3.63) is 60.2 Å². The van der Waals surface area contributed by atoms with Crippen LogP contribution in [-0.2, 0) is 25.6 Å². The number of carbonyl (C=O) groups is 2. The van der Waals surface area contributed by atoms with Gasteiger partial charge in [-0.05, 0) is 44.4 Å². The molecule has 1 unspecified atom stereocenters. The zero-order valence-corrected chi connectivity index (χ0v) is 18.3. The molecule has 0 heterocycles. The second-order valence-electron chi connectivity index (χ2n) is 8.56. The Morgan fingerprint density at radius 2 is 1.50 bits per heavy atom. The van der Waals surface area contributed by atoms with E-state index in [0.29, 0.717) is 6.54 Å². The predicted molar refractivity (Wildman–Crippen MR) is 116 cm³/mol. The molecule has 0 radical (unpaired) electrons. The van der Waals surface area contributed by atoms with Crippen LogP contribution in [0.25, 0.3) is 11.1 Å². The Kier molecular flexibility index (Phi) is 7.76. The summed E-state index contributed by atoms with van der Waals surface area (Å²) in [4.78, 5) is 26.0. The molecule has 6 heteroatoms. The Balaban J connectivity index is 2.17. The third-order valence-corrected chi connectivity index (χ3v) is 4.40. The molecule has 6 nitrogen and oxygen atoms in total. The monoisotopic (exact) mass is 413 g/mol. The molecule has 0 bridgehead atoms. The molecule has 0 fully saturated rings. The van der Waals surface area contributed by atoms with Gasteiger partial charge in [-0.3, -0.25) is 9.69 Å². The number of hydrogen-bond donors (Lipinski definition) is 1. The van der Waals surface area contributed by atoms with Crippen molar-refractivity contribution < 1.29 is 24.2 Å². The summed E-state index contributed by atoms with van der Waals surface area (Å²) in [6.45, 7) is 6.98. The minimum Gasteiger partial charge on any atom is -0.467 e. The molecular formula is C24H31NO5. The Hall–Kier alpha value is -2.70. The maximum absolute atomic E-state index is 12.4. The molecule has 2 rings (SSSR count). The molecule has 2 aromatic rings. The molecule has 0 saturated heterocycles. The van der Waals surface area contributed by atoms with Crippen LogP contribution in [0.2, 0.25) is 0 Å². The zero-order valence-electron chi connectivity index (χ0n) is 18.3. The summed E-state index contributed by atoms with van der Waals surface area (Å²) >= 11 is 0. The lowest BCUT2D eigenvalue weighted by Crippen LogP contribution is -2.49. The van der Waals surface area contributed by atoms with Gasteiger partial charge in [-0.25, -0.2) is 4.79 Å². The molecule has 0 aliphatic rings. The van der Waals surface area contributed by atoms with E-state index in [9.17, 15) is 14.7 Å². The van der Waals surface area contributed by atoms with E-state index in [1.54, 1.807) is 25.7 Å². The summed E-state index contributed by atoms with van der Waals surface area (Å²) in [6, 6.07) is 18.0. The normalized spacial score (nSPS) is 13.6. The van der Waals surface area contributed by atoms with Crippen molar-refractivity contribution in [1.29, 1.82) is 0 Å². The summed E-state index contributed by atoms with van der Waals surface area (Å²) in [5, 5.41) is 10.5. The van der Waals surface area contributed by atoms with Crippen molar-refractivity contribution in [1.82, 2.24) is 4.90 Å². The average Bonchev–Trinajstić information content (AvgIpc) is 2.66. The number of methoxy groups -OCH3 is 1. The quantitative estimate of drug-likeness (QED) is 0.669. The molecule has 30 heavy (non-hydrogen) atoms. The van der Waals surface area contributed by atoms with Gasteiger partial charge in [0.1, 0.15) is 5.60 Å². The molecule has 0 saturated carbocycles. The number of hydrogen-bond acceptors (Lipinski definition) is 6. The van der Waals surface area contributed by atoms with Gasteiger partial charge >= 0.3 is 11.9 Å². The Morgan fingerprint density at radius 1 is 0.933 bits per heavy atom. The lowest BCUT2D eigenvalue weighted by atomic mass is 10.0. The summed E-state index contributed by atoms with van der Waals surface area (Å²) < 4.78 is 10.1. The van der Waals surface area contributed by atoms with E-state index in [1.165, 1.54) is 14.0 Å². The minimum absolute atomic E-state index is 0.0646. The van der Waals surface area contributed by atoms with Crippen molar-refractivity contribution in [3.8, 4) is 11.1 Å². The van der Waals surface area contributed by atoms with Crippen LogP contribution < -0.4 is 0 Å². The smallest absolute Gasteiger partial charge is 0.338 e. The molecule has 0 aliphatic carbocycles. The van der Waals surface area contributed by atoms with Crippen LogP contribution in [0, 0.1) is 0 Å². The van der Waals surface area contributed by atoms with E-state index in [1.807, 2.05) is 54.6 Å². The van der Waals surface area contributed by atoms with Crippen LogP contribution in [0.1, 0.15) is 33.3 Å². The van der Waals surface area contributed by atoms with Crippen molar-refractivity contribution in [3.63, 3.8) is 0 Å². The highest BCUT2D eigenvalue weighted by molar-refractivity contribution is 5.79. The minimum atomic E-state index is -1.75. The molecule has 2 aromatic carbocycles. The predicted octanol–water partition coefficient (Wildman–Crippen LogP) is 3.42. The fourth-order valence-corrected chi connectivity index (χ4v) is 3.14. The number of carbonyl (C=O) groups excluding carboxylic acids is 2. The maximum atomic E-state index is 12.4. The van der Waals surface area contributed by atoms with Crippen molar-refractivity contribution in [2.45, 2.75) is 45.4 Å². The van der Waals surface area contributed by atoms with Crippen LogP contribution in [0.15, 0.2) is 54.6 Å². The van der Waals surface area contributed by atoms with Crippen molar-refractivity contribution >= 4 is 11.9 Å². The Bertz CT molecular complexity index is 838. The number of nitrogens with zero attached hydrogens (tertiary/aromatic N) is 1. The topological polar surface area (TPSA) is 76.1 Å². The standard InChI is InChI=1S/C24H31NO5/c1-23(2,3)30-21(26)16-25(17-24(4,28)22(27)29-5)15-18-11-13-20(14-12-18)19-9-7-6-8-10-19/h6-14,28H,15-17H2,1-5H3. The number of aliphatic hydroxyl groups is 1. The van der Waals surface area contributed by atoms with Crippen LogP contribution in [0.5, 0.6) is 0 Å². The van der Waals surface area contributed by atoms with Gasteiger partial charge in [0.15, 0.2) is 5.60 Å². The van der Waals surface area contributed by atoms with Gasteiger partial charge in [-0.15, -0.1) is 0 Å². The van der Waals surface area contributed by atoms with Gasteiger partial charge < -0.3 is 14.6 Å². The van der Waals surface area contributed by atoms with Gasteiger partial charge in [0.25, 0.3) is 0 Å². The first-order valence-electron chi connectivity index (χ1n) is 9.89. The van der Waals surface area contributed by atoms with Gasteiger partial charge in [0.2, 0.25) is 0 Å².